The molecule has 0 bridgehead atoms. The molecule has 6 nitrogen and oxygen atoms in total. The fourth-order valence-electron chi connectivity index (χ4n) is 3.06. The largest absolute Gasteiger partial charge is 0.493 e. The van der Waals surface area contributed by atoms with Crippen molar-refractivity contribution in [1.29, 1.82) is 0 Å². The molecule has 3 rings (SSSR count). The van der Waals surface area contributed by atoms with E-state index < -0.39 is 0 Å². The number of H-pyrrole nitrogens is 1. The highest BCUT2D eigenvalue weighted by Crippen LogP contribution is 2.29. The zero-order chi connectivity index (χ0) is 21.5. The second-order valence-corrected chi connectivity index (χ2v) is 7.62. The van der Waals surface area contributed by atoms with Crippen LogP contribution in [0.2, 0.25) is 0 Å². The van der Waals surface area contributed by atoms with Crippen LogP contribution in [0.25, 0.3) is 0 Å². The summed E-state index contributed by atoms with van der Waals surface area (Å²) in [5.41, 5.74) is 4.47. The molecule has 0 fully saturated rings. The molecule has 30 heavy (non-hydrogen) atoms. The van der Waals surface area contributed by atoms with Gasteiger partial charge in [0.2, 0.25) is 4.77 Å². The molecule has 0 saturated carbocycles. The molecule has 0 unspecified atom stereocenters. The van der Waals surface area contributed by atoms with Crippen molar-refractivity contribution in [2.75, 3.05) is 7.11 Å². The highest BCUT2D eigenvalue weighted by molar-refractivity contribution is 7.71. The lowest BCUT2D eigenvalue weighted by Gasteiger charge is -2.13. The monoisotopic (exact) mass is 424 g/mol. The number of hydrogen-bond donors (Lipinski definition) is 1. The number of rotatable bonds is 9. The van der Waals surface area contributed by atoms with Crippen molar-refractivity contribution in [3.63, 3.8) is 0 Å². The summed E-state index contributed by atoms with van der Waals surface area (Å²) in [5, 5.41) is 11.6. The summed E-state index contributed by atoms with van der Waals surface area (Å²) in [5.74, 6) is 2.18. The van der Waals surface area contributed by atoms with Crippen LogP contribution >= 0.6 is 12.2 Å². The summed E-state index contributed by atoms with van der Waals surface area (Å²) in [6.45, 7) is 6.80. The first kappa shape index (κ1) is 21.8. The molecule has 0 spiro atoms. The zero-order valence-corrected chi connectivity index (χ0v) is 18.8. The van der Waals surface area contributed by atoms with Gasteiger partial charge >= 0.3 is 0 Å². The van der Waals surface area contributed by atoms with Gasteiger partial charge in [0.05, 0.1) is 13.3 Å². The molecular weight excluding hydrogens is 396 g/mol. The maximum absolute atomic E-state index is 6.03. The van der Waals surface area contributed by atoms with Crippen LogP contribution in [0.1, 0.15) is 47.8 Å². The van der Waals surface area contributed by atoms with Gasteiger partial charge in [0.1, 0.15) is 6.61 Å². The number of hydrogen-bond acceptors (Lipinski definition) is 5. The normalized spacial score (nSPS) is 11.2. The maximum atomic E-state index is 6.03. The number of nitrogens with one attached hydrogen (secondary N) is 1. The number of methoxy groups -OCH3 is 1. The van der Waals surface area contributed by atoms with Gasteiger partial charge in [-0.15, -0.1) is 0 Å². The van der Waals surface area contributed by atoms with Crippen LogP contribution in [-0.4, -0.2) is 28.2 Å². The lowest BCUT2D eigenvalue weighted by atomic mass is 10.1. The van der Waals surface area contributed by atoms with Gasteiger partial charge in [0.25, 0.3) is 0 Å². The Balaban J connectivity index is 1.76. The first-order valence-electron chi connectivity index (χ1n) is 10.1. The van der Waals surface area contributed by atoms with E-state index in [1.165, 1.54) is 11.1 Å². The highest BCUT2D eigenvalue weighted by Gasteiger charge is 2.08. The minimum Gasteiger partial charge on any atom is -0.493 e. The number of ether oxygens (including phenoxy) is 2. The molecular formula is C23H28N4O2S. The third kappa shape index (κ3) is 5.36. The van der Waals surface area contributed by atoms with Crippen molar-refractivity contribution in [2.45, 2.75) is 46.6 Å². The van der Waals surface area contributed by atoms with Crippen molar-refractivity contribution in [3.8, 4) is 11.5 Å². The maximum Gasteiger partial charge on any atom is 0.216 e. The third-order valence-corrected chi connectivity index (χ3v) is 5.13. The molecule has 0 saturated heterocycles. The van der Waals surface area contributed by atoms with E-state index in [9.17, 15) is 0 Å². The second kappa shape index (κ2) is 10.2. The molecule has 0 aliphatic rings. The standard InChI is InChI=1S/C23H28N4O2S/c1-5-6-7-22-25-26-23(30)27(22)24-14-18-10-11-20(21(13-18)28-4)29-15-19-12-16(2)8-9-17(19)3/h8-14H,5-7,15H2,1-4H3,(H,26,30)/b24-14-. The predicted octanol–water partition coefficient (Wildman–Crippen LogP) is 5.37. The van der Waals surface area contributed by atoms with Gasteiger partial charge in [-0.3, -0.25) is 5.10 Å². The van der Waals surface area contributed by atoms with Crippen LogP contribution in [0.5, 0.6) is 11.5 Å². The van der Waals surface area contributed by atoms with E-state index in [2.05, 4.69) is 54.3 Å². The Morgan fingerprint density at radius 3 is 2.77 bits per heavy atom. The first-order chi connectivity index (χ1) is 14.5. The Labute approximate surface area is 182 Å². The van der Waals surface area contributed by atoms with E-state index in [4.69, 9.17) is 21.7 Å². The van der Waals surface area contributed by atoms with Crippen molar-refractivity contribution < 1.29 is 9.47 Å². The van der Waals surface area contributed by atoms with E-state index in [1.54, 1.807) is 18.0 Å². The summed E-state index contributed by atoms with van der Waals surface area (Å²) in [7, 11) is 1.63. The second-order valence-electron chi connectivity index (χ2n) is 7.23. The molecule has 1 heterocycles. The Morgan fingerprint density at radius 2 is 2.00 bits per heavy atom. The molecule has 1 N–H and O–H groups in total. The van der Waals surface area contributed by atoms with E-state index in [-0.39, 0.29) is 0 Å². The third-order valence-electron chi connectivity index (χ3n) is 4.87. The average molecular weight is 425 g/mol. The van der Waals surface area contributed by atoms with Gasteiger partial charge in [-0.05, 0) is 67.4 Å². The fraction of sp³-hybridized carbons (Fsp3) is 0.348. The molecule has 1 aromatic heterocycles. The average Bonchev–Trinajstić information content (AvgIpc) is 3.10. The Kier molecular flexibility index (Phi) is 7.41. The smallest absolute Gasteiger partial charge is 0.216 e. The highest BCUT2D eigenvalue weighted by atomic mass is 32.1. The summed E-state index contributed by atoms with van der Waals surface area (Å²) in [6.07, 6.45) is 4.70. The lowest BCUT2D eigenvalue weighted by molar-refractivity contribution is 0.284. The molecule has 158 valence electrons. The summed E-state index contributed by atoms with van der Waals surface area (Å²) in [6, 6.07) is 12.1. The molecule has 0 radical (unpaired) electrons. The van der Waals surface area contributed by atoms with Crippen molar-refractivity contribution in [2.24, 2.45) is 5.10 Å². The van der Waals surface area contributed by atoms with Crippen LogP contribution in [0.3, 0.4) is 0 Å². The van der Waals surface area contributed by atoms with E-state index >= 15 is 0 Å². The Hall–Kier alpha value is -2.93. The van der Waals surface area contributed by atoms with E-state index in [0.29, 0.717) is 22.9 Å². The molecule has 2 aromatic carbocycles. The van der Waals surface area contributed by atoms with Crippen LogP contribution in [0.15, 0.2) is 41.5 Å². The zero-order valence-electron chi connectivity index (χ0n) is 17.9. The van der Waals surface area contributed by atoms with Gasteiger partial charge < -0.3 is 9.47 Å². The van der Waals surface area contributed by atoms with Gasteiger partial charge in [-0.1, -0.05) is 37.1 Å². The first-order valence-corrected chi connectivity index (χ1v) is 10.5. The molecule has 0 amide bonds. The molecule has 7 heteroatoms. The van der Waals surface area contributed by atoms with Gasteiger partial charge in [0.15, 0.2) is 17.3 Å². The number of nitrogens with zero attached hydrogens (tertiary/aromatic N) is 3. The molecule has 0 aliphatic heterocycles. The van der Waals surface area contributed by atoms with Crippen molar-refractivity contribution in [1.82, 2.24) is 14.9 Å². The van der Waals surface area contributed by atoms with Crippen molar-refractivity contribution >= 4 is 18.4 Å². The van der Waals surface area contributed by atoms with Gasteiger partial charge in [-0.2, -0.15) is 14.9 Å². The van der Waals surface area contributed by atoms with Crippen LogP contribution < -0.4 is 9.47 Å². The summed E-state index contributed by atoms with van der Waals surface area (Å²) < 4.78 is 13.7. The topological polar surface area (TPSA) is 64.4 Å². The number of benzene rings is 2. The van der Waals surface area contributed by atoms with Crippen LogP contribution in [-0.2, 0) is 13.0 Å². The number of unbranched alkanes of at least 4 members (excludes halogenated alkanes) is 1. The SMILES string of the molecule is CCCCc1n[nH]c(=S)n1/N=C\c1ccc(OCc2cc(C)ccc2C)c(OC)c1. The minimum atomic E-state index is 0.484. The van der Waals surface area contributed by atoms with Crippen molar-refractivity contribution in [3.05, 3.63) is 69.2 Å². The Morgan fingerprint density at radius 1 is 1.17 bits per heavy atom. The summed E-state index contributed by atoms with van der Waals surface area (Å²) >= 11 is 5.30. The van der Waals surface area contributed by atoms with Gasteiger partial charge in [0, 0.05) is 6.42 Å². The Bertz CT molecular complexity index is 1090. The molecule has 0 aliphatic carbocycles. The fourth-order valence-corrected chi connectivity index (χ4v) is 3.26. The van der Waals surface area contributed by atoms with Crippen LogP contribution in [0, 0.1) is 18.6 Å². The lowest BCUT2D eigenvalue weighted by Crippen LogP contribution is -2.01. The molecule has 0 atom stereocenters. The molecule has 3 aromatic rings. The van der Waals surface area contributed by atoms with E-state index in [0.717, 1.165) is 36.2 Å². The van der Waals surface area contributed by atoms with Gasteiger partial charge in [-0.25, -0.2) is 0 Å². The number of aromatic nitrogens is 3. The quantitative estimate of drug-likeness (QED) is 0.370. The number of aromatic amines is 1. The minimum absolute atomic E-state index is 0.484. The summed E-state index contributed by atoms with van der Waals surface area (Å²) in [4.78, 5) is 0. The predicted molar refractivity (Wildman–Crippen MR) is 122 cm³/mol. The van der Waals surface area contributed by atoms with E-state index in [1.807, 2.05) is 18.2 Å². The number of aryl methyl sites for hydroxylation is 3. The van der Waals surface area contributed by atoms with Crippen LogP contribution in [0.4, 0.5) is 0 Å².